The van der Waals surface area contributed by atoms with E-state index in [9.17, 15) is 4.79 Å². The molecule has 0 bridgehead atoms. The normalized spacial score (nSPS) is 16.8. The SMILES string of the molecule is CC(C)NC1CCc2c(sc3ncn(CCCc4ccccc4)c(=O)c23)C1. The van der Waals surface area contributed by atoms with Crippen molar-refractivity contribution in [2.24, 2.45) is 0 Å². The zero-order valence-electron chi connectivity index (χ0n) is 16.1. The maximum atomic E-state index is 13.1. The van der Waals surface area contributed by atoms with Gasteiger partial charge in [-0.15, -0.1) is 11.3 Å². The molecule has 0 radical (unpaired) electrons. The summed E-state index contributed by atoms with van der Waals surface area (Å²) in [5.41, 5.74) is 2.71. The number of benzene rings is 1. The van der Waals surface area contributed by atoms with Crippen LogP contribution in [0.2, 0.25) is 0 Å². The minimum absolute atomic E-state index is 0.140. The molecule has 1 N–H and O–H groups in total. The fourth-order valence-corrected chi connectivity index (χ4v) is 5.33. The summed E-state index contributed by atoms with van der Waals surface area (Å²) in [5.74, 6) is 0. The van der Waals surface area contributed by atoms with Crippen LogP contribution in [0.5, 0.6) is 0 Å². The molecule has 0 fully saturated rings. The van der Waals surface area contributed by atoms with Crippen molar-refractivity contribution < 1.29 is 0 Å². The second kappa shape index (κ2) is 7.95. The molecule has 0 saturated heterocycles. The summed E-state index contributed by atoms with van der Waals surface area (Å²) >= 11 is 1.71. The number of hydrogen-bond acceptors (Lipinski definition) is 4. The van der Waals surface area contributed by atoms with E-state index in [0.29, 0.717) is 12.1 Å². The van der Waals surface area contributed by atoms with Gasteiger partial charge in [0, 0.05) is 23.5 Å². The predicted octanol–water partition coefficient (Wildman–Crippen LogP) is 3.95. The summed E-state index contributed by atoms with van der Waals surface area (Å²) in [6.07, 6.45) is 6.76. The van der Waals surface area contributed by atoms with Gasteiger partial charge in [0.05, 0.1) is 11.7 Å². The van der Waals surface area contributed by atoms with Crippen molar-refractivity contribution in [3.05, 3.63) is 63.0 Å². The molecule has 0 aliphatic heterocycles. The quantitative estimate of drug-likeness (QED) is 0.703. The Hall–Kier alpha value is -1.98. The lowest BCUT2D eigenvalue weighted by Gasteiger charge is -2.25. The Morgan fingerprint density at radius 2 is 2.11 bits per heavy atom. The first-order chi connectivity index (χ1) is 13.1. The van der Waals surface area contributed by atoms with E-state index in [-0.39, 0.29) is 5.56 Å². The Morgan fingerprint density at radius 1 is 1.30 bits per heavy atom. The molecule has 27 heavy (non-hydrogen) atoms. The maximum absolute atomic E-state index is 13.1. The topological polar surface area (TPSA) is 46.9 Å². The molecule has 1 unspecified atom stereocenters. The molecule has 3 aromatic rings. The van der Waals surface area contributed by atoms with E-state index in [1.807, 2.05) is 6.07 Å². The Balaban J connectivity index is 1.53. The fourth-order valence-electron chi connectivity index (χ4n) is 4.07. The van der Waals surface area contributed by atoms with Crippen LogP contribution in [0.1, 0.15) is 42.7 Å². The molecule has 1 aliphatic rings. The highest BCUT2D eigenvalue weighted by Crippen LogP contribution is 2.33. The van der Waals surface area contributed by atoms with Gasteiger partial charge in [-0.2, -0.15) is 0 Å². The van der Waals surface area contributed by atoms with Crippen molar-refractivity contribution in [1.29, 1.82) is 0 Å². The van der Waals surface area contributed by atoms with Crippen molar-refractivity contribution in [3.63, 3.8) is 0 Å². The van der Waals surface area contributed by atoms with Gasteiger partial charge in [-0.1, -0.05) is 44.2 Å². The van der Waals surface area contributed by atoms with Crippen molar-refractivity contribution in [2.75, 3.05) is 0 Å². The average Bonchev–Trinajstić information content (AvgIpc) is 3.02. The van der Waals surface area contributed by atoms with Gasteiger partial charge in [0.2, 0.25) is 0 Å². The van der Waals surface area contributed by atoms with Crippen LogP contribution in [0.15, 0.2) is 41.5 Å². The number of thiophene rings is 1. The number of rotatable bonds is 6. The molecule has 0 amide bonds. The molecule has 4 nitrogen and oxygen atoms in total. The number of hydrogen-bond donors (Lipinski definition) is 1. The molecule has 0 spiro atoms. The van der Waals surface area contributed by atoms with Crippen molar-refractivity contribution in [1.82, 2.24) is 14.9 Å². The first-order valence-electron chi connectivity index (χ1n) is 9.91. The summed E-state index contributed by atoms with van der Waals surface area (Å²) in [4.78, 5) is 20.0. The lowest BCUT2D eigenvalue weighted by molar-refractivity contribution is 0.425. The van der Waals surface area contributed by atoms with Gasteiger partial charge in [0.25, 0.3) is 5.56 Å². The van der Waals surface area contributed by atoms with Crippen LogP contribution in [0.3, 0.4) is 0 Å². The third-order valence-electron chi connectivity index (χ3n) is 5.31. The third-order valence-corrected chi connectivity index (χ3v) is 6.47. The zero-order valence-corrected chi connectivity index (χ0v) is 16.9. The number of fused-ring (bicyclic) bond motifs is 3. The van der Waals surface area contributed by atoms with Gasteiger partial charge in [0.15, 0.2) is 0 Å². The molecule has 1 aromatic carbocycles. The highest BCUT2D eigenvalue weighted by molar-refractivity contribution is 7.18. The molecule has 5 heteroatoms. The molecule has 1 aliphatic carbocycles. The predicted molar refractivity (Wildman–Crippen MR) is 113 cm³/mol. The Bertz CT molecular complexity index is 974. The smallest absolute Gasteiger partial charge is 0.262 e. The molecule has 2 heterocycles. The van der Waals surface area contributed by atoms with E-state index < -0.39 is 0 Å². The summed E-state index contributed by atoms with van der Waals surface area (Å²) in [6.45, 7) is 5.10. The van der Waals surface area contributed by atoms with E-state index in [1.54, 1.807) is 22.2 Å². The summed E-state index contributed by atoms with van der Waals surface area (Å²) < 4.78 is 1.80. The van der Waals surface area contributed by atoms with Crippen molar-refractivity contribution in [2.45, 2.75) is 64.6 Å². The average molecular weight is 382 g/mol. The van der Waals surface area contributed by atoms with Crippen LogP contribution < -0.4 is 10.9 Å². The summed E-state index contributed by atoms with van der Waals surface area (Å²) in [5, 5.41) is 4.51. The molecule has 0 saturated carbocycles. The van der Waals surface area contributed by atoms with Gasteiger partial charge >= 0.3 is 0 Å². The lowest BCUT2D eigenvalue weighted by Crippen LogP contribution is -2.38. The third kappa shape index (κ3) is 3.99. The maximum Gasteiger partial charge on any atom is 0.262 e. The van der Waals surface area contributed by atoms with Crippen LogP contribution in [0.25, 0.3) is 10.2 Å². The van der Waals surface area contributed by atoms with Gasteiger partial charge < -0.3 is 5.32 Å². The highest BCUT2D eigenvalue weighted by atomic mass is 32.1. The second-order valence-corrected chi connectivity index (χ2v) is 8.86. The van der Waals surface area contributed by atoms with Crippen LogP contribution in [-0.4, -0.2) is 21.6 Å². The Labute approximate surface area is 164 Å². The first kappa shape index (κ1) is 18.4. The number of aryl methyl sites for hydroxylation is 3. The van der Waals surface area contributed by atoms with Crippen LogP contribution in [-0.2, 0) is 25.8 Å². The summed E-state index contributed by atoms with van der Waals surface area (Å²) in [6, 6.07) is 11.4. The number of nitrogens with one attached hydrogen (secondary N) is 1. The standard InChI is InChI=1S/C22H27N3OS/c1-15(2)24-17-10-11-18-19(13-17)27-21-20(18)22(26)25(14-23-21)12-6-9-16-7-4-3-5-8-16/h3-5,7-8,14-15,17,24H,6,9-13H2,1-2H3. The van der Waals surface area contributed by atoms with E-state index in [2.05, 4.69) is 48.4 Å². The molecule has 4 rings (SSSR count). The van der Waals surface area contributed by atoms with Gasteiger partial charge in [-0.05, 0) is 43.2 Å². The molecule has 2 aromatic heterocycles. The van der Waals surface area contributed by atoms with Gasteiger partial charge in [-0.3, -0.25) is 9.36 Å². The monoisotopic (exact) mass is 381 g/mol. The molecular weight excluding hydrogens is 354 g/mol. The van der Waals surface area contributed by atoms with Crippen LogP contribution >= 0.6 is 11.3 Å². The van der Waals surface area contributed by atoms with Gasteiger partial charge in [-0.25, -0.2) is 4.98 Å². The summed E-state index contributed by atoms with van der Waals surface area (Å²) in [7, 11) is 0. The van der Waals surface area contributed by atoms with Crippen molar-refractivity contribution >= 4 is 21.6 Å². The number of aromatic nitrogens is 2. The minimum atomic E-state index is 0.140. The van der Waals surface area contributed by atoms with Crippen molar-refractivity contribution in [3.8, 4) is 0 Å². The van der Waals surface area contributed by atoms with Gasteiger partial charge in [0.1, 0.15) is 4.83 Å². The zero-order chi connectivity index (χ0) is 18.8. The first-order valence-corrected chi connectivity index (χ1v) is 10.7. The molecular formula is C22H27N3OS. The lowest BCUT2D eigenvalue weighted by atomic mass is 9.92. The minimum Gasteiger partial charge on any atom is -0.311 e. The largest absolute Gasteiger partial charge is 0.311 e. The molecule has 1 atom stereocenters. The second-order valence-electron chi connectivity index (χ2n) is 7.78. The van der Waals surface area contributed by atoms with Crippen LogP contribution in [0.4, 0.5) is 0 Å². The van der Waals surface area contributed by atoms with E-state index in [0.717, 1.165) is 48.9 Å². The highest BCUT2D eigenvalue weighted by Gasteiger charge is 2.25. The van der Waals surface area contributed by atoms with Crippen LogP contribution in [0, 0.1) is 0 Å². The Morgan fingerprint density at radius 3 is 2.89 bits per heavy atom. The number of nitrogens with zero attached hydrogens (tertiary/aromatic N) is 2. The van der Waals surface area contributed by atoms with E-state index in [1.165, 1.54) is 16.0 Å². The fraction of sp³-hybridized carbons (Fsp3) is 0.455. The Kier molecular flexibility index (Phi) is 5.41. The molecule has 142 valence electrons. The van der Waals surface area contributed by atoms with E-state index >= 15 is 0 Å². The van der Waals surface area contributed by atoms with E-state index in [4.69, 9.17) is 0 Å².